The van der Waals surface area contributed by atoms with Crippen molar-refractivity contribution < 1.29 is 4.39 Å². The van der Waals surface area contributed by atoms with Crippen molar-refractivity contribution in [3.05, 3.63) is 33.5 Å². The summed E-state index contributed by atoms with van der Waals surface area (Å²) in [6.45, 7) is 0. The van der Waals surface area contributed by atoms with Crippen molar-refractivity contribution in [1.29, 1.82) is 5.26 Å². The molecule has 0 aliphatic heterocycles. The van der Waals surface area contributed by atoms with Crippen molar-refractivity contribution >= 4 is 38.1 Å². The first kappa shape index (κ1) is 11.0. The minimum absolute atomic E-state index is 0.0335. The SMILES string of the molecule is N#Cc1c(F)cccc1Nc1nnc(Br)s1. The third kappa shape index (κ3) is 2.18. The highest BCUT2D eigenvalue weighted by molar-refractivity contribution is 9.11. The van der Waals surface area contributed by atoms with Crippen molar-refractivity contribution in [3.63, 3.8) is 0 Å². The molecule has 2 rings (SSSR count). The molecule has 0 bridgehead atoms. The first-order chi connectivity index (χ1) is 7.70. The second-order valence-corrected chi connectivity index (χ2v) is 5.01. The summed E-state index contributed by atoms with van der Waals surface area (Å²) < 4.78 is 13.9. The second-order valence-electron chi connectivity index (χ2n) is 2.76. The largest absolute Gasteiger partial charge is 0.329 e. The Balaban J connectivity index is 2.35. The van der Waals surface area contributed by atoms with E-state index < -0.39 is 5.82 Å². The van der Waals surface area contributed by atoms with Gasteiger partial charge in [0.05, 0.1) is 5.69 Å². The fourth-order valence-corrected chi connectivity index (χ4v) is 2.14. The monoisotopic (exact) mass is 298 g/mol. The molecular formula is C9H4BrFN4S. The molecule has 0 aliphatic rings. The van der Waals surface area contributed by atoms with Crippen LogP contribution in [0.4, 0.5) is 15.2 Å². The van der Waals surface area contributed by atoms with Gasteiger partial charge in [-0.05, 0) is 28.1 Å². The molecule has 16 heavy (non-hydrogen) atoms. The Hall–Kier alpha value is -1.52. The van der Waals surface area contributed by atoms with Crippen LogP contribution in [-0.2, 0) is 0 Å². The van der Waals surface area contributed by atoms with Gasteiger partial charge in [0, 0.05) is 0 Å². The zero-order valence-corrected chi connectivity index (χ0v) is 10.1. The third-order valence-corrected chi connectivity index (χ3v) is 3.04. The lowest BCUT2D eigenvalue weighted by Crippen LogP contribution is -1.95. The van der Waals surface area contributed by atoms with Gasteiger partial charge in [0.25, 0.3) is 0 Å². The quantitative estimate of drug-likeness (QED) is 0.925. The van der Waals surface area contributed by atoms with E-state index in [1.807, 2.05) is 0 Å². The summed E-state index contributed by atoms with van der Waals surface area (Å²) in [5, 5.41) is 19.7. The molecule has 7 heteroatoms. The number of hydrogen-bond acceptors (Lipinski definition) is 5. The summed E-state index contributed by atoms with van der Waals surface area (Å²) >= 11 is 4.42. The van der Waals surface area contributed by atoms with Crippen LogP contribution in [0.5, 0.6) is 0 Å². The predicted octanol–water partition coefficient (Wildman–Crippen LogP) is 3.05. The number of hydrogen-bond donors (Lipinski definition) is 1. The Kier molecular flexibility index (Phi) is 3.12. The average Bonchev–Trinajstić information content (AvgIpc) is 2.64. The molecule has 2 aromatic rings. The molecule has 0 atom stereocenters. The molecule has 1 aromatic carbocycles. The smallest absolute Gasteiger partial charge is 0.210 e. The summed E-state index contributed by atoms with van der Waals surface area (Å²) in [7, 11) is 0. The molecular weight excluding hydrogens is 295 g/mol. The van der Waals surface area contributed by atoms with Gasteiger partial charge >= 0.3 is 0 Å². The van der Waals surface area contributed by atoms with Crippen LogP contribution in [0, 0.1) is 17.1 Å². The van der Waals surface area contributed by atoms with E-state index in [1.165, 1.54) is 23.5 Å². The van der Waals surface area contributed by atoms with Crippen LogP contribution in [0.2, 0.25) is 0 Å². The number of nitrogens with zero attached hydrogens (tertiary/aromatic N) is 3. The molecule has 0 fully saturated rings. The van der Waals surface area contributed by atoms with Crippen LogP contribution in [0.15, 0.2) is 22.1 Å². The normalized spacial score (nSPS) is 9.81. The van der Waals surface area contributed by atoms with Crippen molar-refractivity contribution in [2.75, 3.05) is 5.32 Å². The van der Waals surface area contributed by atoms with Crippen molar-refractivity contribution in [2.45, 2.75) is 0 Å². The summed E-state index contributed by atoms with van der Waals surface area (Å²) in [6, 6.07) is 6.16. The van der Waals surface area contributed by atoms with E-state index in [0.717, 1.165) is 0 Å². The Morgan fingerprint density at radius 2 is 2.25 bits per heavy atom. The first-order valence-corrected chi connectivity index (χ1v) is 5.76. The lowest BCUT2D eigenvalue weighted by molar-refractivity contribution is 0.624. The highest BCUT2D eigenvalue weighted by Gasteiger charge is 2.09. The molecule has 1 N–H and O–H groups in total. The standard InChI is InChI=1S/C9H4BrFN4S/c10-8-14-15-9(16-8)13-7-3-1-2-6(11)5(7)4-12/h1-3H,(H,13,15). The fraction of sp³-hybridized carbons (Fsp3) is 0. The molecule has 0 unspecified atom stereocenters. The van der Waals surface area contributed by atoms with Crippen molar-refractivity contribution in [3.8, 4) is 6.07 Å². The number of rotatable bonds is 2. The predicted molar refractivity (Wildman–Crippen MR) is 62.0 cm³/mol. The molecule has 4 nitrogen and oxygen atoms in total. The number of halogens is 2. The van der Waals surface area contributed by atoms with Gasteiger partial charge in [-0.3, -0.25) is 0 Å². The molecule has 1 aromatic heterocycles. The van der Waals surface area contributed by atoms with Crippen molar-refractivity contribution in [2.24, 2.45) is 0 Å². The highest BCUT2D eigenvalue weighted by Crippen LogP contribution is 2.26. The van der Waals surface area contributed by atoms with Gasteiger partial charge in [-0.2, -0.15) is 5.26 Å². The Morgan fingerprint density at radius 3 is 2.88 bits per heavy atom. The van der Waals surface area contributed by atoms with Crippen LogP contribution < -0.4 is 5.32 Å². The molecule has 80 valence electrons. The van der Waals surface area contributed by atoms with Crippen LogP contribution in [0.3, 0.4) is 0 Å². The number of nitrogens with one attached hydrogen (secondary N) is 1. The summed E-state index contributed by atoms with van der Waals surface area (Å²) in [5.74, 6) is -0.559. The molecule has 0 spiro atoms. The lowest BCUT2D eigenvalue weighted by Gasteiger charge is -2.04. The zero-order chi connectivity index (χ0) is 11.5. The number of anilines is 2. The average molecular weight is 299 g/mol. The first-order valence-electron chi connectivity index (χ1n) is 4.15. The summed E-state index contributed by atoms with van der Waals surface area (Å²) in [4.78, 5) is 0. The number of nitriles is 1. The van der Waals surface area contributed by atoms with E-state index in [4.69, 9.17) is 5.26 Å². The second kappa shape index (κ2) is 4.55. The minimum atomic E-state index is -0.559. The molecule has 1 heterocycles. The molecule has 0 saturated carbocycles. The topological polar surface area (TPSA) is 61.6 Å². The van der Waals surface area contributed by atoms with Gasteiger partial charge in [0.1, 0.15) is 17.4 Å². The van der Waals surface area contributed by atoms with E-state index in [9.17, 15) is 4.39 Å². The maximum atomic E-state index is 13.3. The maximum absolute atomic E-state index is 13.3. The number of aromatic nitrogens is 2. The van der Waals surface area contributed by atoms with E-state index >= 15 is 0 Å². The van der Waals surface area contributed by atoms with Gasteiger partial charge in [-0.1, -0.05) is 17.4 Å². The third-order valence-electron chi connectivity index (χ3n) is 1.77. The number of benzene rings is 1. The van der Waals surface area contributed by atoms with Crippen LogP contribution in [0.25, 0.3) is 0 Å². The van der Waals surface area contributed by atoms with Crippen LogP contribution >= 0.6 is 27.3 Å². The van der Waals surface area contributed by atoms with E-state index in [0.29, 0.717) is 14.7 Å². The van der Waals surface area contributed by atoms with Gasteiger partial charge in [-0.25, -0.2) is 4.39 Å². The molecule has 0 radical (unpaired) electrons. The minimum Gasteiger partial charge on any atom is -0.329 e. The highest BCUT2D eigenvalue weighted by atomic mass is 79.9. The van der Waals surface area contributed by atoms with E-state index in [1.54, 1.807) is 12.1 Å². The van der Waals surface area contributed by atoms with Gasteiger partial charge < -0.3 is 5.32 Å². The van der Waals surface area contributed by atoms with Gasteiger partial charge in [0.2, 0.25) is 5.13 Å². The van der Waals surface area contributed by atoms with Crippen LogP contribution in [0.1, 0.15) is 5.56 Å². The fourth-order valence-electron chi connectivity index (χ4n) is 1.11. The lowest BCUT2D eigenvalue weighted by atomic mass is 10.2. The Labute approximate surface area is 103 Å². The molecule has 0 saturated heterocycles. The van der Waals surface area contributed by atoms with E-state index in [-0.39, 0.29) is 5.56 Å². The summed E-state index contributed by atoms with van der Waals surface area (Å²) in [5.41, 5.74) is 0.347. The Bertz CT molecular complexity index is 563. The maximum Gasteiger partial charge on any atom is 0.210 e. The molecule has 0 amide bonds. The van der Waals surface area contributed by atoms with Crippen molar-refractivity contribution in [1.82, 2.24) is 10.2 Å². The summed E-state index contributed by atoms with van der Waals surface area (Å²) in [6.07, 6.45) is 0. The van der Waals surface area contributed by atoms with Gasteiger partial charge in [-0.15, -0.1) is 10.2 Å². The zero-order valence-electron chi connectivity index (χ0n) is 7.74. The van der Waals surface area contributed by atoms with E-state index in [2.05, 4.69) is 31.4 Å². The van der Waals surface area contributed by atoms with Crippen LogP contribution in [-0.4, -0.2) is 10.2 Å². The molecule has 0 aliphatic carbocycles. The van der Waals surface area contributed by atoms with Gasteiger partial charge in [0.15, 0.2) is 3.92 Å². The Morgan fingerprint density at radius 1 is 1.44 bits per heavy atom.